The molecule has 90 valence electrons. The molecule has 1 aromatic carbocycles. The van der Waals surface area contributed by atoms with Crippen molar-refractivity contribution in [3.63, 3.8) is 0 Å². The number of halogens is 1. The van der Waals surface area contributed by atoms with Crippen LogP contribution in [0.4, 0.5) is 0 Å². The van der Waals surface area contributed by atoms with Crippen molar-refractivity contribution in [2.45, 2.75) is 6.42 Å². The van der Waals surface area contributed by atoms with Gasteiger partial charge in [0, 0.05) is 10.7 Å². The monoisotopic (exact) mass is 291 g/mol. The average Bonchev–Trinajstić information content (AvgIpc) is 2.54. The Morgan fingerprint density at radius 2 is 1.83 bits per heavy atom. The van der Waals surface area contributed by atoms with Crippen molar-refractivity contribution in [1.82, 2.24) is 4.57 Å². The van der Waals surface area contributed by atoms with Crippen LogP contribution < -0.4 is 0 Å². The summed E-state index contributed by atoms with van der Waals surface area (Å²) in [5.74, 6) is 0. The molecule has 0 saturated carbocycles. The van der Waals surface area contributed by atoms with E-state index in [1.54, 1.807) is 11.3 Å². The topological polar surface area (TPSA) is 4.93 Å². The Morgan fingerprint density at radius 1 is 1.11 bits per heavy atom. The van der Waals surface area contributed by atoms with Crippen molar-refractivity contribution in [1.29, 1.82) is 0 Å². The molecule has 0 radical (unpaired) electrons. The van der Waals surface area contributed by atoms with Crippen LogP contribution >= 0.6 is 35.2 Å². The summed E-state index contributed by atoms with van der Waals surface area (Å²) >= 11 is 13.0. The highest BCUT2D eigenvalue weighted by Gasteiger charge is 2.11. The van der Waals surface area contributed by atoms with Gasteiger partial charge in [0.15, 0.2) is 3.95 Å². The van der Waals surface area contributed by atoms with E-state index < -0.39 is 0 Å². The molecule has 1 nitrogen and oxygen atoms in total. The van der Waals surface area contributed by atoms with Gasteiger partial charge in [0.25, 0.3) is 0 Å². The summed E-state index contributed by atoms with van der Waals surface area (Å²) in [4.78, 5) is 1.21. The summed E-state index contributed by atoms with van der Waals surface area (Å²) in [5.41, 5.74) is 2.21. The minimum absolute atomic E-state index is 0.738. The maximum Gasteiger partial charge on any atom is 0.166 e. The zero-order valence-electron chi connectivity index (χ0n) is 9.47. The molecule has 0 atom stereocenters. The first-order valence-corrected chi connectivity index (χ1v) is 7.21. The number of hydrogen-bond acceptors (Lipinski definition) is 2. The molecule has 0 saturated heterocycles. The smallest absolute Gasteiger partial charge is 0.166 e. The highest BCUT2D eigenvalue weighted by Crippen LogP contribution is 2.28. The van der Waals surface area contributed by atoms with Gasteiger partial charge >= 0.3 is 0 Å². The number of fused-ring (bicyclic) bond motifs is 1. The number of benzene rings is 1. The zero-order chi connectivity index (χ0) is 12.5. The van der Waals surface area contributed by atoms with Crippen LogP contribution in [0.3, 0.4) is 0 Å². The van der Waals surface area contributed by atoms with E-state index in [4.69, 9.17) is 23.8 Å². The molecule has 1 aliphatic carbocycles. The fraction of sp³-hybridized carbons (Fsp3) is 0.0714. The average molecular weight is 292 g/mol. The molecule has 0 amide bonds. The van der Waals surface area contributed by atoms with E-state index in [9.17, 15) is 0 Å². The molecular formula is C14H10ClNS2. The molecule has 2 aromatic rings. The number of hydrogen-bond donors (Lipinski definition) is 0. The van der Waals surface area contributed by atoms with Crippen molar-refractivity contribution < 1.29 is 0 Å². The highest BCUT2D eigenvalue weighted by atomic mass is 35.5. The maximum atomic E-state index is 5.92. The van der Waals surface area contributed by atoms with Crippen LogP contribution in [0.5, 0.6) is 0 Å². The van der Waals surface area contributed by atoms with Crippen LogP contribution in [0.2, 0.25) is 5.02 Å². The van der Waals surface area contributed by atoms with E-state index in [1.807, 2.05) is 24.3 Å². The molecule has 0 unspecified atom stereocenters. The first-order valence-electron chi connectivity index (χ1n) is 5.60. The van der Waals surface area contributed by atoms with Gasteiger partial charge in [-0.1, -0.05) is 23.8 Å². The lowest BCUT2D eigenvalue weighted by Crippen LogP contribution is -1.96. The summed E-state index contributed by atoms with van der Waals surface area (Å²) in [7, 11) is 0. The van der Waals surface area contributed by atoms with Crippen LogP contribution in [-0.2, 0) is 0 Å². The third-order valence-electron chi connectivity index (χ3n) is 2.78. The number of nitrogens with zero attached hydrogens (tertiary/aromatic N) is 1. The Bertz CT molecular complexity index is 690. The molecule has 1 aliphatic rings. The second-order valence-corrected chi connectivity index (χ2v) is 6.08. The van der Waals surface area contributed by atoms with Crippen LogP contribution in [0.15, 0.2) is 36.4 Å². The van der Waals surface area contributed by atoms with Gasteiger partial charge in [-0.25, -0.2) is 0 Å². The summed E-state index contributed by atoms with van der Waals surface area (Å²) < 4.78 is 2.95. The lowest BCUT2D eigenvalue weighted by Gasteiger charge is -2.06. The van der Waals surface area contributed by atoms with Gasteiger partial charge in [0.1, 0.15) is 0 Å². The first kappa shape index (κ1) is 11.9. The Hall–Kier alpha value is -1.16. The third kappa shape index (κ3) is 2.09. The SMILES string of the molecule is S=c1sc2c(n1-c1ccc(Cl)cc1)C=CCC=C2. The lowest BCUT2D eigenvalue weighted by molar-refractivity contribution is 1.05. The second-order valence-electron chi connectivity index (χ2n) is 3.97. The molecule has 0 N–H and O–H groups in total. The Morgan fingerprint density at radius 3 is 2.61 bits per heavy atom. The molecule has 1 aromatic heterocycles. The van der Waals surface area contributed by atoms with E-state index in [1.165, 1.54) is 4.88 Å². The maximum absolute atomic E-state index is 5.92. The van der Waals surface area contributed by atoms with Crippen molar-refractivity contribution in [2.75, 3.05) is 0 Å². The minimum atomic E-state index is 0.738. The van der Waals surface area contributed by atoms with Gasteiger partial charge in [0.2, 0.25) is 0 Å². The third-order valence-corrected chi connectivity index (χ3v) is 4.38. The minimum Gasteiger partial charge on any atom is -0.291 e. The van der Waals surface area contributed by atoms with Gasteiger partial charge in [-0.2, -0.15) is 0 Å². The van der Waals surface area contributed by atoms with E-state index >= 15 is 0 Å². The van der Waals surface area contributed by atoms with Gasteiger partial charge < -0.3 is 0 Å². The lowest BCUT2D eigenvalue weighted by atomic mass is 10.3. The molecule has 18 heavy (non-hydrogen) atoms. The van der Waals surface area contributed by atoms with Gasteiger partial charge in [-0.15, -0.1) is 11.3 Å². The van der Waals surface area contributed by atoms with E-state index in [0.29, 0.717) is 0 Å². The first-order chi connectivity index (χ1) is 8.75. The van der Waals surface area contributed by atoms with E-state index in [2.05, 4.69) is 28.9 Å². The van der Waals surface area contributed by atoms with Crippen LogP contribution in [-0.4, -0.2) is 4.57 Å². The predicted octanol–water partition coefficient (Wildman–Crippen LogP) is 5.35. The number of aromatic nitrogens is 1. The molecule has 4 heteroatoms. The van der Waals surface area contributed by atoms with Crippen molar-refractivity contribution in [2.24, 2.45) is 0 Å². The van der Waals surface area contributed by atoms with Crippen molar-refractivity contribution in [3.05, 3.63) is 56.0 Å². The Balaban J connectivity index is 2.24. The van der Waals surface area contributed by atoms with Crippen molar-refractivity contribution >= 4 is 47.3 Å². The molecule has 3 rings (SSSR count). The molecule has 0 aliphatic heterocycles. The van der Waals surface area contributed by atoms with Crippen LogP contribution in [0, 0.1) is 3.95 Å². The Labute approximate surface area is 120 Å². The van der Waals surface area contributed by atoms with Crippen LogP contribution in [0.25, 0.3) is 17.8 Å². The van der Waals surface area contributed by atoms with Crippen molar-refractivity contribution in [3.8, 4) is 5.69 Å². The fourth-order valence-electron chi connectivity index (χ4n) is 1.94. The molecular weight excluding hydrogens is 282 g/mol. The summed E-state index contributed by atoms with van der Waals surface area (Å²) in [6.07, 6.45) is 9.54. The summed E-state index contributed by atoms with van der Waals surface area (Å²) in [5, 5.41) is 0.738. The molecule has 1 heterocycles. The largest absolute Gasteiger partial charge is 0.291 e. The fourth-order valence-corrected chi connectivity index (χ4v) is 3.45. The molecule has 0 bridgehead atoms. The van der Waals surface area contributed by atoms with Gasteiger partial charge in [-0.3, -0.25) is 4.57 Å². The van der Waals surface area contributed by atoms with E-state index in [-0.39, 0.29) is 0 Å². The van der Waals surface area contributed by atoms with Crippen LogP contribution in [0.1, 0.15) is 17.0 Å². The zero-order valence-corrected chi connectivity index (χ0v) is 11.9. The second kappa shape index (κ2) is 4.84. The number of thiazole rings is 1. The number of rotatable bonds is 1. The number of allylic oxidation sites excluding steroid dienone is 2. The normalized spacial score (nSPS) is 13.4. The van der Waals surface area contributed by atoms with E-state index in [0.717, 1.165) is 26.8 Å². The van der Waals surface area contributed by atoms with Gasteiger partial charge in [0.05, 0.1) is 10.6 Å². The Kier molecular flexibility index (Phi) is 3.20. The van der Waals surface area contributed by atoms with Gasteiger partial charge in [-0.05, 0) is 55.1 Å². The molecule has 0 fully saturated rings. The standard InChI is InChI=1S/C14H10ClNS2/c15-10-6-8-11(9-7-10)16-12-4-2-1-3-5-13(12)18-14(16)17/h2-9H,1H2. The highest BCUT2D eigenvalue weighted by molar-refractivity contribution is 7.73. The molecule has 0 spiro atoms. The summed E-state index contributed by atoms with van der Waals surface area (Å²) in [6, 6.07) is 7.76. The quantitative estimate of drug-likeness (QED) is 0.641. The predicted molar refractivity (Wildman–Crippen MR) is 82.2 cm³/mol. The summed E-state index contributed by atoms with van der Waals surface area (Å²) in [6.45, 7) is 0.